The predicted molar refractivity (Wildman–Crippen MR) is 219 cm³/mol. The van der Waals surface area contributed by atoms with Crippen LogP contribution in [0, 0.1) is 11.8 Å². The molecule has 0 aromatic rings. The number of Topliss-reactive ketones (excluding diaryl/α,β-unsaturated/α-hetero) is 1. The molecule has 0 heterocycles. The first-order chi connectivity index (χ1) is 23.7. The molecule has 0 fully saturated rings. The van der Waals surface area contributed by atoms with Crippen LogP contribution in [0.15, 0.2) is 48.8 Å². The van der Waals surface area contributed by atoms with E-state index in [-0.39, 0.29) is 0 Å². The molecular formula is C46H85NO2. The lowest BCUT2D eigenvalue weighted by atomic mass is 9.96. The highest BCUT2D eigenvalue weighted by molar-refractivity contribution is 5.78. The molecule has 0 aromatic heterocycles. The monoisotopic (exact) mass is 684 g/mol. The van der Waals surface area contributed by atoms with Gasteiger partial charge in [0.25, 0.3) is 0 Å². The number of carbonyl (C=O) groups excluding carboxylic acids is 1. The van der Waals surface area contributed by atoms with Gasteiger partial charge in [0.05, 0.1) is 11.9 Å². The standard InChI is InChI=1S/C46H85NO2/c1-9-11-13-15-19-25-31-41(3)39-42(4)32-26-20-16-22-28-36-46(49-44(6)34-30-38-47(7)8)37-29-23-17-21-27-35-45(48)40-43(5)33-24-18-14-12-10-2/h24-25,31,33,41,43,46H,4,6,9-23,26-30,32,34-40H2,1-3,5,7-8H3/b31-25-,33-24+. The number of hydrogen-bond acceptors (Lipinski definition) is 3. The van der Waals surface area contributed by atoms with Crippen LogP contribution in [0.2, 0.25) is 0 Å². The van der Waals surface area contributed by atoms with E-state index < -0.39 is 0 Å². The summed E-state index contributed by atoms with van der Waals surface area (Å²) in [6, 6.07) is 0. The molecule has 3 atom stereocenters. The van der Waals surface area contributed by atoms with Crippen molar-refractivity contribution in [1.82, 2.24) is 4.90 Å². The summed E-state index contributed by atoms with van der Waals surface area (Å²) in [6.45, 7) is 18.8. The highest BCUT2D eigenvalue weighted by atomic mass is 16.5. The minimum Gasteiger partial charge on any atom is -0.495 e. The summed E-state index contributed by atoms with van der Waals surface area (Å²) in [6.07, 6.45) is 41.6. The molecule has 0 saturated carbocycles. The molecule has 0 aliphatic rings. The Labute approximate surface area is 307 Å². The minimum absolute atomic E-state index is 0.297. The number of rotatable bonds is 37. The quantitative estimate of drug-likeness (QED) is 0.0371. The molecule has 3 nitrogen and oxygen atoms in total. The molecule has 286 valence electrons. The van der Waals surface area contributed by atoms with Crippen LogP contribution in [0.5, 0.6) is 0 Å². The van der Waals surface area contributed by atoms with Crippen molar-refractivity contribution in [2.45, 2.75) is 207 Å². The molecule has 3 unspecified atom stereocenters. The Balaban J connectivity index is 4.25. The van der Waals surface area contributed by atoms with Crippen molar-refractivity contribution in [2.75, 3.05) is 20.6 Å². The average Bonchev–Trinajstić information content (AvgIpc) is 3.04. The lowest BCUT2D eigenvalue weighted by Gasteiger charge is -2.21. The summed E-state index contributed by atoms with van der Waals surface area (Å²) < 4.78 is 6.44. The molecular weight excluding hydrogens is 599 g/mol. The van der Waals surface area contributed by atoms with Gasteiger partial charge in [-0.05, 0) is 116 Å². The molecule has 0 spiro atoms. The summed E-state index contributed by atoms with van der Waals surface area (Å²) >= 11 is 0. The normalized spacial score (nSPS) is 13.8. The zero-order chi connectivity index (χ0) is 36.4. The second kappa shape index (κ2) is 34.8. The Morgan fingerprint density at radius 3 is 1.69 bits per heavy atom. The van der Waals surface area contributed by atoms with E-state index >= 15 is 0 Å². The lowest BCUT2D eigenvalue weighted by molar-refractivity contribution is -0.119. The fraction of sp³-hybridized carbons (Fsp3) is 0.804. The van der Waals surface area contributed by atoms with Crippen molar-refractivity contribution >= 4 is 5.78 Å². The second-order valence-corrected chi connectivity index (χ2v) is 15.7. The molecule has 0 aromatic carbocycles. The fourth-order valence-electron chi connectivity index (χ4n) is 6.66. The number of nitrogens with zero attached hydrogens (tertiary/aromatic N) is 1. The van der Waals surface area contributed by atoms with Gasteiger partial charge < -0.3 is 9.64 Å². The van der Waals surface area contributed by atoms with Gasteiger partial charge in [0, 0.05) is 19.3 Å². The molecule has 0 rings (SSSR count). The summed E-state index contributed by atoms with van der Waals surface area (Å²) in [7, 11) is 4.25. The molecule has 0 bridgehead atoms. The molecule has 0 radical (unpaired) electrons. The fourth-order valence-corrected chi connectivity index (χ4v) is 6.66. The van der Waals surface area contributed by atoms with Crippen molar-refractivity contribution in [3.63, 3.8) is 0 Å². The van der Waals surface area contributed by atoms with Crippen molar-refractivity contribution in [3.8, 4) is 0 Å². The molecule has 0 aliphatic heterocycles. The third kappa shape index (κ3) is 34.6. The van der Waals surface area contributed by atoms with E-state index in [2.05, 4.69) is 84.2 Å². The predicted octanol–water partition coefficient (Wildman–Crippen LogP) is 14.5. The average molecular weight is 684 g/mol. The van der Waals surface area contributed by atoms with Crippen LogP contribution < -0.4 is 0 Å². The molecule has 0 saturated heterocycles. The first kappa shape index (κ1) is 47.4. The van der Waals surface area contributed by atoms with Crippen molar-refractivity contribution in [1.29, 1.82) is 0 Å². The number of unbranched alkanes of at least 4 members (excludes halogenated alkanes) is 15. The highest BCUT2D eigenvalue weighted by Crippen LogP contribution is 2.22. The van der Waals surface area contributed by atoms with Gasteiger partial charge in [0.15, 0.2) is 0 Å². The van der Waals surface area contributed by atoms with Crippen LogP contribution in [-0.4, -0.2) is 37.4 Å². The number of carbonyl (C=O) groups is 1. The molecule has 0 amide bonds. The maximum atomic E-state index is 12.4. The summed E-state index contributed by atoms with van der Waals surface area (Å²) in [4.78, 5) is 14.7. The molecule has 0 aliphatic carbocycles. The van der Waals surface area contributed by atoms with Gasteiger partial charge in [-0.25, -0.2) is 0 Å². The van der Waals surface area contributed by atoms with Crippen LogP contribution >= 0.6 is 0 Å². The zero-order valence-corrected chi connectivity index (χ0v) is 34.0. The van der Waals surface area contributed by atoms with Gasteiger partial charge in [0.1, 0.15) is 5.78 Å². The Morgan fingerprint density at radius 1 is 0.612 bits per heavy atom. The van der Waals surface area contributed by atoms with Crippen LogP contribution in [0.25, 0.3) is 0 Å². The number of ether oxygens (including phenoxy) is 1. The van der Waals surface area contributed by atoms with Crippen LogP contribution in [-0.2, 0) is 9.53 Å². The summed E-state index contributed by atoms with van der Waals surface area (Å²) in [5.74, 6) is 2.39. The second-order valence-electron chi connectivity index (χ2n) is 15.7. The SMILES string of the molecule is C=C(CCCCCCCC(CCCCCCCC(=O)CC(C)/C=C/CCCCC)OC(=C)CCCN(C)C)CC(C)/C=C\CCCCCC. The zero-order valence-electron chi connectivity index (χ0n) is 34.0. The molecule has 49 heavy (non-hydrogen) atoms. The molecule has 0 N–H and O–H groups in total. The van der Waals surface area contributed by atoms with Gasteiger partial charge in [-0.1, -0.05) is 141 Å². The van der Waals surface area contributed by atoms with E-state index in [4.69, 9.17) is 4.74 Å². The Bertz CT molecular complexity index is 840. The Kier molecular flexibility index (Phi) is 33.7. The summed E-state index contributed by atoms with van der Waals surface area (Å²) in [5, 5.41) is 0. The van der Waals surface area contributed by atoms with E-state index in [1.54, 1.807) is 0 Å². The van der Waals surface area contributed by atoms with Crippen molar-refractivity contribution < 1.29 is 9.53 Å². The van der Waals surface area contributed by atoms with Gasteiger partial charge in [0.2, 0.25) is 0 Å². The van der Waals surface area contributed by atoms with Crippen molar-refractivity contribution in [2.24, 2.45) is 11.8 Å². The van der Waals surface area contributed by atoms with E-state index in [9.17, 15) is 4.79 Å². The number of ketones is 1. The third-order valence-electron chi connectivity index (χ3n) is 9.72. The van der Waals surface area contributed by atoms with E-state index in [0.717, 1.165) is 70.1 Å². The first-order valence-corrected chi connectivity index (χ1v) is 21.2. The molecule has 3 heteroatoms. The van der Waals surface area contributed by atoms with Gasteiger partial charge >= 0.3 is 0 Å². The largest absolute Gasteiger partial charge is 0.495 e. The highest BCUT2D eigenvalue weighted by Gasteiger charge is 2.12. The minimum atomic E-state index is 0.297. The first-order valence-electron chi connectivity index (χ1n) is 21.2. The Hall–Kier alpha value is -1.61. The Morgan fingerprint density at radius 2 is 1.10 bits per heavy atom. The maximum Gasteiger partial charge on any atom is 0.133 e. The van der Waals surface area contributed by atoms with Gasteiger partial charge in [-0.15, -0.1) is 0 Å². The van der Waals surface area contributed by atoms with Gasteiger partial charge in [-0.3, -0.25) is 4.79 Å². The smallest absolute Gasteiger partial charge is 0.133 e. The third-order valence-corrected chi connectivity index (χ3v) is 9.72. The van der Waals surface area contributed by atoms with E-state index in [1.165, 1.54) is 115 Å². The van der Waals surface area contributed by atoms with Gasteiger partial charge in [-0.2, -0.15) is 0 Å². The van der Waals surface area contributed by atoms with Crippen LogP contribution in [0.1, 0.15) is 201 Å². The van der Waals surface area contributed by atoms with E-state index in [1.807, 2.05) is 0 Å². The van der Waals surface area contributed by atoms with E-state index in [0.29, 0.717) is 30.1 Å². The topological polar surface area (TPSA) is 29.5 Å². The summed E-state index contributed by atoms with van der Waals surface area (Å²) in [5.41, 5.74) is 1.42. The maximum absolute atomic E-state index is 12.4. The van der Waals surface area contributed by atoms with Crippen molar-refractivity contribution in [3.05, 3.63) is 48.8 Å². The number of hydrogen-bond donors (Lipinski definition) is 0. The lowest BCUT2D eigenvalue weighted by Crippen LogP contribution is -2.15. The number of allylic oxidation sites excluding steroid dienone is 6. The van der Waals surface area contributed by atoms with Crippen LogP contribution in [0.4, 0.5) is 0 Å². The van der Waals surface area contributed by atoms with Crippen LogP contribution in [0.3, 0.4) is 0 Å².